The van der Waals surface area contributed by atoms with Gasteiger partial charge in [0.2, 0.25) is 5.91 Å². The van der Waals surface area contributed by atoms with Crippen LogP contribution >= 0.6 is 0 Å². The number of carbonyl (C=O) groups is 1. The fourth-order valence-electron chi connectivity index (χ4n) is 2.55. The van der Waals surface area contributed by atoms with E-state index >= 15 is 0 Å². The Hall–Kier alpha value is -1.31. The van der Waals surface area contributed by atoms with Crippen LogP contribution in [0, 0.1) is 5.92 Å². The van der Waals surface area contributed by atoms with Crippen LogP contribution in [-0.4, -0.2) is 23.9 Å². The highest BCUT2D eigenvalue weighted by Crippen LogP contribution is 2.22. The first-order valence-electron chi connectivity index (χ1n) is 6.99. The minimum atomic E-state index is 0.318. The molecule has 2 nitrogen and oxygen atoms in total. The molecule has 2 rings (SSSR count). The highest BCUT2D eigenvalue weighted by molar-refractivity contribution is 5.77. The third-order valence-electron chi connectivity index (χ3n) is 3.99. The van der Waals surface area contributed by atoms with Crippen LogP contribution in [0.5, 0.6) is 0 Å². The van der Waals surface area contributed by atoms with Gasteiger partial charge in [-0.25, -0.2) is 0 Å². The molecule has 18 heavy (non-hydrogen) atoms. The zero-order valence-corrected chi connectivity index (χ0v) is 11.4. The van der Waals surface area contributed by atoms with Crippen molar-refractivity contribution in [3.05, 3.63) is 35.9 Å². The summed E-state index contributed by atoms with van der Waals surface area (Å²) in [6, 6.07) is 10.3. The smallest absolute Gasteiger partial charge is 0.223 e. The third-order valence-corrected chi connectivity index (χ3v) is 3.99. The maximum Gasteiger partial charge on any atom is 0.223 e. The zero-order valence-electron chi connectivity index (χ0n) is 11.4. The van der Waals surface area contributed by atoms with Crippen LogP contribution in [0.25, 0.3) is 0 Å². The van der Waals surface area contributed by atoms with E-state index in [1.807, 2.05) is 23.1 Å². The largest absolute Gasteiger partial charge is 0.343 e. The molecule has 1 aliphatic rings. The first-order chi connectivity index (χ1) is 8.66. The fourth-order valence-corrected chi connectivity index (χ4v) is 2.55. The van der Waals surface area contributed by atoms with Gasteiger partial charge in [0.15, 0.2) is 0 Å². The molecule has 0 saturated carbocycles. The molecule has 1 atom stereocenters. The lowest BCUT2D eigenvalue weighted by molar-refractivity contribution is -0.132. The number of carbonyl (C=O) groups excluding carboxylic acids is 1. The normalized spacial score (nSPS) is 18.7. The van der Waals surface area contributed by atoms with Gasteiger partial charge < -0.3 is 4.90 Å². The van der Waals surface area contributed by atoms with E-state index < -0.39 is 0 Å². The molecule has 1 saturated heterocycles. The SMILES string of the molecule is CC1CCN(C(=O)CC(C)c2ccccc2)CC1. The summed E-state index contributed by atoms with van der Waals surface area (Å²) in [6.45, 7) is 6.30. The molecule has 0 aliphatic carbocycles. The van der Waals surface area contributed by atoms with Crippen molar-refractivity contribution in [2.45, 2.75) is 39.0 Å². The molecule has 0 radical (unpaired) electrons. The minimum absolute atomic E-state index is 0.318. The van der Waals surface area contributed by atoms with Gasteiger partial charge >= 0.3 is 0 Å². The lowest BCUT2D eigenvalue weighted by atomic mass is 9.95. The van der Waals surface area contributed by atoms with Gasteiger partial charge in [0.1, 0.15) is 0 Å². The number of nitrogens with zero attached hydrogens (tertiary/aromatic N) is 1. The first kappa shape index (κ1) is 13.1. The summed E-state index contributed by atoms with van der Waals surface area (Å²) in [5.41, 5.74) is 1.26. The number of amides is 1. The number of piperidine rings is 1. The molecule has 1 fully saturated rings. The van der Waals surface area contributed by atoms with Crippen molar-refractivity contribution in [1.29, 1.82) is 0 Å². The molecule has 0 aromatic heterocycles. The second-order valence-electron chi connectivity index (χ2n) is 5.58. The summed E-state index contributed by atoms with van der Waals surface area (Å²) < 4.78 is 0. The van der Waals surface area contributed by atoms with E-state index in [-0.39, 0.29) is 0 Å². The van der Waals surface area contributed by atoms with Crippen molar-refractivity contribution < 1.29 is 4.79 Å². The molecule has 1 aliphatic heterocycles. The molecule has 0 N–H and O–H groups in total. The average molecular weight is 245 g/mol. The van der Waals surface area contributed by atoms with Gasteiger partial charge in [-0.05, 0) is 30.2 Å². The zero-order chi connectivity index (χ0) is 13.0. The summed E-state index contributed by atoms with van der Waals surface area (Å²) in [4.78, 5) is 14.3. The second kappa shape index (κ2) is 6.03. The van der Waals surface area contributed by atoms with Crippen molar-refractivity contribution in [2.24, 2.45) is 5.92 Å². The van der Waals surface area contributed by atoms with Crippen LogP contribution in [0.2, 0.25) is 0 Å². The van der Waals surface area contributed by atoms with Crippen LogP contribution in [0.15, 0.2) is 30.3 Å². The molecule has 1 aromatic carbocycles. The van der Waals surface area contributed by atoms with E-state index in [2.05, 4.69) is 26.0 Å². The fraction of sp³-hybridized carbons (Fsp3) is 0.562. The van der Waals surface area contributed by atoms with Crippen molar-refractivity contribution >= 4 is 5.91 Å². The van der Waals surface area contributed by atoms with Crippen LogP contribution < -0.4 is 0 Å². The van der Waals surface area contributed by atoms with E-state index in [9.17, 15) is 4.79 Å². The third kappa shape index (κ3) is 3.34. The lowest BCUT2D eigenvalue weighted by Gasteiger charge is -2.31. The number of hydrogen-bond donors (Lipinski definition) is 0. The Kier molecular flexibility index (Phi) is 4.40. The Morgan fingerprint density at radius 1 is 1.28 bits per heavy atom. The number of likely N-dealkylation sites (tertiary alicyclic amines) is 1. The summed E-state index contributed by atoms with van der Waals surface area (Å²) in [5, 5.41) is 0. The van der Waals surface area contributed by atoms with Crippen LogP contribution in [0.3, 0.4) is 0 Å². The van der Waals surface area contributed by atoms with E-state index in [0.717, 1.165) is 31.8 Å². The van der Waals surface area contributed by atoms with Crippen molar-refractivity contribution in [3.63, 3.8) is 0 Å². The van der Waals surface area contributed by atoms with Gasteiger partial charge in [-0.15, -0.1) is 0 Å². The van der Waals surface area contributed by atoms with E-state index in [1.54, 1.807) is 0 Å². The minimum Gasteiger partial charge on any atom is -0.343 e. The Balaban J connectivity index is 1.87. The van der Waals surface area contributed by atoms with Crippen LogP contribution in [-0.2, 0) is 4.79 Å². The maximum absolute atomic E-state index is 12.2. The summed E-state index contributed by atoms with van der Waals surface area (Å²) in [7, 11) is 0. The monoisotopic (exact) mass is 245 g/mol. The van der Waals surface area contributed by atoms with E-state index in [1.165, 1.54) is 5.56 Å². The van der Waals surface area contributed by atoms with Gasteiger partial charge in [0, 0.05) is 19.5 Å². The van der Waals surface area contributed by atoms with Gasteiger partial charge in [0.25, 0.3) is 0 Å². The standard InChI is InChI=1S/C16H23NO/c1-13-8-10-17(11-9-13)16(18)12-14(2)15-6-4-3-5-7-15/h3-7,13-14H,8-12H2,1-2H3. The number of benzene rings is 1. The molecule has 1 heterocycles. The first-order valence-corrected chi connectivity index (χ1v) is 6.99. The molecule has 98 valence electrons. The van der Waals surface area contributed by atoms with Crippen molar-refractivity contribution in [2.75, 3.05) is 13.1 Å². The Bertz CT molecular complexity index is 379. The van der Waals surface area contributed by atoms with Crippen LogP contribution in [0.4, 0.5) is 0 Å². The predicted octanol–water partition coefficient (Wildman–Crippen LogP) is 3.44. The quantitative estimate of drug-likeness (QED) is 0.799. The van der Waals surface area contributed by atoms with Crippen molar-refractivity contribution in [1.82, 2.24) is 4.90 Å². The molecular formula is C16H23NO. The molecule has 2 heteroatoms. The molecule has 0 spiro atoms. The Labute approximate surface area is 110 Å². The molecule has 1 unspecified atom stereocenters. The highest BCUT2D eigenvalue weighted by Gasteiger charge is 2.21. The van der Waals surface area contributed by atoms with E-state index in [0.29, 0.717) is 18.2 Å². The van der Waals surface area contributed by atoms with Crippen molar-refractivity contribution in [3.8, 4) is 0 Å². The maximum atomic E-state index is 12.2. The molecular weight excluding hydrogens is 222 g/mol. The Morgan fingerprint density at radius 3 is 2.50 bits per heavy atom. The van der Waals surface area contributed by atoms with Gasteiger partial charge in [-0.3, -0.25) is 4.79 Å². The van der Waals surface area contributed by atoms with Gasteiger partial charge in [-0.1, -0.05) is 44.2 Å². The molecule has 1 amide bonds. The number of hydrogen-bond acceptors (Lipinski definition) is 1. The average Bonchev–Trinajstić information content (AvgIpc) is 2.40. The number of rotatable bonds is 3. The van der Waals surface area contributed by atoms with E-state index in [4.69, 9.17) is 0 Å². The topological polar surface area (TPSA) is 20.3 Å². The summed E-state index contributed by atoms with van der Waals surface area (Å²) in [6.07, 6.45) is 2.95. The Morgan fingerprint density at radius 2 is 1.89 bits per heavy atom. The van der Waals surface area contributed by atoms with Gasteiger partial charge in [-0.2, -0.15) is 0 Å². The molecule has 1 aromatic rings. The highest BCUT2D eigenvalue weighted by atomic mass is 16.2. The second-order valence-corrected chi connectivity index (χ2v) is 5.58. The molecule has 0 bridgehead atoms. The summed E-state index contributed by atoms with van der Waals surface area (Å²) in [5.74, 6) is 1.41. The van der Waals surface area contributed by atoms with Crippen LogP contribution in [0.1, 0.15) is 44.6 Å². The van der Waals surface area contributed by atoms with Gasteiger partial charge in [0.05, 0.1) is 0 Å². The predicted molar refractivity (Wildman–Crippen MR) is 74.5 cm³/mol. The lowest BCUT2D eigenvalue weighted by Crippen LogP contribution is -2.38. The summed E-state index contributed by atoms with van der Waals surface area (Å²) >= 11 is 0.